The van der Waals surface area contributed by atoms with E-state index in [2.05, 4.69) is 26.2 Å². The van der Waals surface area contributed by atoms with E-state index in [1.807, 2.05) is 31.2 Å². The minimum Gasteiger partial charge on any atom is -0.318 e. The summed E-state index contributed by atoms with van der Waals surface area (Å²) in [5.41, 5.74) is 6.74. The van der Waals surface area contributed by atoms with Crippen molar-refractivity contribution >= 4 is 38.3 Å². The molecule has 2 rings (SSSR count). The van der Waals surface area contributed by atoms with Gasteiger partial charge in [-0.1, -0.05) is 28.1 Å². The number of aryl methyl sites for hydroxylation is 1. The molecule has 0 bridgehead atoms. The number of nitrogens with two attached hydrogens (primary N) is 1. The zero-order valence-corrected chi connectivity index (χ0v) is 13.9. The molecule has 1 aromatic carbocycles. The van der Waals surface area contributed by atoms with Crippen molar-refractivity contribution in [2.24, 2.45) is 5.73 Å². The average molecular weight is 354 g/mol. The van der Waals surface area contributed by atoms with Gasteiger partial charge in [-0.15, -0.1) is 11.3 Å². The third kappa shape index (κ3) is 3.45. The molecular formula is C14H16BrN3OS. The van der Waals surface area contributed by atoms with Crippen molar-refractivity contribution in [1.82, 2.24) is 4.98 Å². The first-order valence-corrected chi connectivity index (χ1v) is 7.72. The van der Waals surface area contributed by atoms with Crippen molar-refractivity contribution in [3.8, 4) is 11.3 Å². The highest BCUT2D eigenvalue weighted by Gasteiger charge is 2.23. The van der Waals surface area contributed by atoms with Crippen LogP contribution >= 0.6 is 27.3 Å². The summed E-state index contributed by atoms with van der Waals surface area (Å²) in [7, 11) is 0. The van der Waals surface area contributed by atoms with E-state index >= 15 is 0 Å². The van der Waals surface area contributed by atoms with Gasteiger partial charge < -0.3 is 11.1 Å². The average Bonchev–Trinajstić information content (AvgIpc) is 2.70. The number of rotatable bonds is 3. The molecule has 0 unspecified atom stereocenters. The molecule has 0 saturated heterocycles. The number of carbonyl (C=O) groups excluding carboxylic acids is 1. The summed E-state index contributed by atoms with van der Waals surface area (Å²) in [6.45, 7) is 5.31. The van der Waals surface area contributed by atoms with Crippen LogP contribution in [0, 0.1) is 6.92 Å². The topological polar surface area (TPSA) is 68.0 Å². The number of nitrogens with one attached hydrogen (secondary N) is 1. The fourth-order valence-corrected chi connectivity index (χ4v) is 2.68. The predicted molar refractivity (Wildman–Crippen MR) is 86.9 cm³/mol. The van der Waals surface area contributed by atoms with Gasteiger partial charge in [-0.3, -0.25) is 4.79 Å². The molecule has 1 aromatic heterocycles. The number of nitrogens with zero attached hydrogens (tertiary/aromatic N) is 1. The van der Waals surface area contributed by atoms with Crippen LogP contribution in [-0.2, 0) is 4.79 Å². The maximum absolute atomic E-state index is 11.9. The van der Waals surface area contributed by atoms with Crippen molar-refractivity contribution in [1.29, 1.82) is 0 Å². The molecule has 20 heavy (non-hydrogen) atoms. The number of hydrogen-bond donors (Lipinski definition) is 2. The Kier molecular flexibility index (Phi) is 4.27. The van der Waals surface area contributed by atoms with Gasteiger partial charge in [-0.05, 0) is 32.9 Å². The zero-order valence-electron chi connectivity index (χ0n) is 11.5. The lowest BCUT2D eigenvalue weighted by molar-refractivity contribution is -0.120. The molecule has 0 saturated carbocycles. The van der Waals surface area contributed by atoms with Gasteiger partial charge in [0, 0.05) is 14.9 Å². The molecule has 0 atom stereocenters. The first-order chi connectivity index (χ1) is 9.27. The van der Waals surface area contributed by atoms with Crippen molar-refractivity contribution < 1.29 is 4.79 Å². The Labute approximate surface area is 130 Å². The Hall–Kier alpha value is -1.24. The van der Waals surface area contributed by atoms with Crippen molar-refractivity contribution in [2.75, 3.05) is 5.32 Å². The van der Waals surface area contributed by atoms with Gasteiger partial charge in [0.1, 0.15) is 0 Å². The van der Waals surface area contributed by atoms with E-state index in [4.69, 9.17) is 5.73 Å². The number of anilines is 1. The molecule has 0 aliphatic carbocycles. The predicted octanol–water partition coefficient (Wildman–Crippen LogP) is 3.56. The van der Waals surface area contributed by atoms with Crippen LogP contribution in [0.2, 0.25) is 0 Å². The molecule has 0 fully saturated rings. The quantitative estimate of drug-likeness (QED) is 0.886. The molecule has 0 aliphatic rings. The SMILES string of the molecule is Cc1sc(NC(=O)C(C)(C)N)nc1-c1ccc(Br)cc1. The third-order valence-electron chi connectivity index (χ3n) is 2.72. The van der Waals surface area contributed by atoms with Crippen molar-refractivity contribution in [2.45, 2.75) is 26.3 Å². The van der Waals surface area contributed by atoms with E-state index in [1.165, 1.54) is 11.3 Å². The summed E-state index contributed by atoms with van der Waals surface area (Å²) >= 11 is 4.86. The molecule has 6 heteroatoms. The number of amides is 1. The van der Waals surface area contributed by atoms with Crippen LogP contribution < -0.4 is 11.1 Å². The van der Waals surface area contributed by atoms with Gasteiger partial charge >= 0.3 is 0 Å². The summed E-state index contributed by atoms with van der Waals surface area (Å²) < 4.78 is 1.02. The molecule has 4 nitrogen and oxygen atoms in total. The van der Waals surface area contributed by atoms with Crippen molar-refractivity contribution in [3.05, 3.63) is 33.6 Å². The maximum Gasteiger partial charge on any atom is 0.245 e. The van der Waals surface area contributed by atoms with Crippen LogP contribution in [0.5, 0.6) is 0 Å². The van der Waals surface area contributed by atoms with Crippen LogP contribution in [-0.4, -0.2) is 16.4 Å². The fourth-order valence-electron chi connectivity index (χ4n) is 1.58. The number of thiazole rings is 1. The molecule has 0 aliphatic heterocycles. The van der Waals surface area contributed by atoms with Gasteiger partial charge in [-0.25, -0.2) is 4.98 Å². The lowest BCUT2D eigenvalue weighted by Crippen LogP contribution is -2.45. The minimum atomic E-state index is -0.919. The minimum absolute atomic E-state index is 0.242. The molecule has 0 radical (unpaired) electrons. The second kappa shape index (κ2) is 5.63. The summed E-state index contributed by atoms with van der Waals surface area (Å²) in [5.74, 6) is -0.242. The summed E-state index contributed by atoms with van der Waals surface area (Å²) in [4.78, 5) is 17.4. The van der Waals surface area contributed by atoms with Crippen LogP contribution in [0.3, 0.4) is 0 Å². The number of carbonyl (C=O) groups is 1. The Morgan fingerprint density at radius 3 is 2.50 bits per heavy atom. The van der Waals surface area contributed by atoms with Crippen LogP contribution in [0.15, 0.2) is 28.7 Å². The third-order valence-corrected chi connectivity index (χ3v) is 4.13. The van der Waals surface area contributed by atoms with Gasteiger partial charge in [0.05, 0.1) is 11.2 Å². The lowest BCUT2D eigenvalue weighted by atomic mass is 10.1. The van der Waals surface area contributed by atoms with Gasteiger partial charge in [0.2, 0.25) is 5.91 Å². The van der Waals surface area contributed by atoms with Gasteiger partial charge in [0.15, 0.2) is 5.13 Å². The van der Waals surface area contributed by atoms with E-state index in [0.29, 0.717) is 5.13 Å². The van der Waals surface area contributed by atoms with E-state index < -0.39 is 5.54 Å². The monoisotopic (exact) mass is 353 g/mol. The zero-order chi connectivity index (χ0) is 14.9. The smallest absolute Gasteiger partial charge is 0.245 e. The second-order valence-corrected chi connectivity index (χ2v) is 7.23. The van der Waals surface area contributed by atoms with Crippen LogP contribution in [0.4, 0.5) is 5.13 Å². The maximum atomic E-state index is 11.9. The Bertz CT molecular complexity index is 629. The summed E-state index contributed by atoms with van der Waals surface area (Å²) in [5, 5.41) is 3.33. The largest absolute Gasteiger partial charge is 0.318 e. The highest BCUT2D eigenvalue weighted by molar-refractivity contribution is 9.10. The van der Waals surface area contributed by atoms with E-state index in [1.54, 1.807) is 13.8 Å². The molecule has 1 heterocycles. The normalized spacial score (nSPS) is 11.4. The van der Waals surface area contributed by atoms with Crippen LogP contribution in [0.25, 0.3) is 11.3 Å². The van der Waals surface area contributed by atoms with Gasteiger partial charge in [-0.2, -0.15) is 0 Å². The molecule has 3 N–H and O–H groups in total. The lowest BCUT2D eigenvalue weighted by Gasteiger charge is -2.16. The molecule has 0 spiro atoms. The molecular weight excluding hydrogens is 338 g/mol. The fraction of sp³-hybridized carbons (Fsp3) is 0.286. The summed E-state index contributed by atoms with van der Waals surface area (Å²) in [6.07, 6.45) is 0. The Morgan fingerprint density at radius 2 is 1.95 bits per heavy atom. The number of halogens is 1. The molecule has 2 aromatic rings. The first-order valence-electron chi connectivity index (χ1n) is 6.11. The molecule has 106 valence electrons. The van der Waals surface area contributed by atoms with E-state index in [-0.39, 0.29) is 5.91 Å². The number of hydrogen-bond acceptors (Lipinski definition) is 4. The van der Waals surface area contributed by atoms with E-state index in [9.17, 15) is 4.79 Å². The number of aromatic nitrogens is 1. The highest BCUT2D eigenvalue weighted by atomic mass is 79.9. The number of benzene rings is 1. The molecule has 1 amide bonds. The standard InChI is InChI=1S/C14H16BrN3OS/c1-8-11(9-4-6-10(15)7-5-9)17-13(20-8)18-12(19)14(2,3)16/h4-7H,16H2,1-3H3,(H,17,18,19). The first kappa shape index (κ1) is 15.2. The summed E-state index contributed by atoms with van der Waals surface area (Å²) in [6, 6.07) is 7.92. The van der Waals surface area contributed by atoms with E-state index in [0.717, 1.165) is 20.6 Å². The van der Waals surface area contributed by atoms with Crippen molar-refractivity contribution in [3.63, 3.8) is 0 Å². The highest BCUT2D eigenvalue weighted by Crippen LogP contribution is 2.31. The van der Waals surface area contributed by atoms with Crippen LogP contribution in [0.1, 0.15) is 18.7 Å². The Balaban J connectivity index is 2.26. The Morgan fingerprint density at radius 1 is 1.35 bits per heavy atom. The van der Waals surface area contributed by atoms with Gasteiger partial charge in [0.25, 0.3) is 0 Å². The second-order valence-electron chi connectivity index (χ2n) is 5.11.